The highest BCUT2D eigenvalue weighted by Gasteiger charge is 2.19. The highest BCUT2D eigenvalue weighted by molar-refractivity contribution is 6.39. The second-order valence-corrected chi connectivity index (χ2v) is 4.99. The minimum atomic E-state index is -0.732. The van der Waals surface area contributed by atoms with Gasteiger partial charge in [-0.05, 0) is 29.3 Å². The van der Waals surface area contributed by atoms with E-state index in [1.54, 1.807) is 31.4 Å². The number of benzene rings is 2. The average Bonchev–Trinajstić information content (AvgIpc) is 2.67. The van der Waals surface area contributed by atoms with Gasteiger partial charge in [-0.2, -0.15) is 4.79 Å². The smallest absolute Gasteiger partial charge is 0.421 e. The molecule has 6 nitrogen and oxygen atoms in total. The summed E-state index contributed by atoms with van der Waals surface area (Å²) >= 11 is 0. The van der Waals surface area contributed by atoms with Crippen molar-refractivity contribution in [2.24, 2.45) is 0 Å². The third-order valence-corrected chi connectivity index (χ3v) is 3.37. The molecule has 0 aliphatic heterocycles. The molecule has 0 atom stereocenters. The molecule has 0 saturated carbocycles. The minimum absolute atomic E-state index is 0.0113. The van der Waals surface area contributed by atoms with E-state index in [1.807, 2.05) is 30.3 Å². The van der Waals surface area contributed by atoms with Crippen molar-refractivity contribution in [3.8, 4) is 11.5 Å². The van der Waals surface area contributed by atoms with Gasteiger partial charge in [0, 0.05) is 6.08 Å². The van der Waals surface area contributed by atoms with Crippen molar-refractivity contribution in [3.05, 3.63) is 71.3 Å². The molecule has 0 spiro atoms. The minimum Gasteiger partial charge on any atom is -0.493 e. The van der Waals surface area contributed by atoms with Crippen molar-refractivity contribution in [3.63, 3.8) is 0 Å². The molecule has 0 heterocycles. The quantitative estimate of drug-likeness (QED) is 0.336. The lowest BCUT2D eigenvalue weighted by atomic mass is 10.2. The number of nitrogens with zero attached hydrogens (tertiary/aromatic N) is 2. The molecular weight excluding hydrogens is 320 g/mol. The summed E-state index contributed by atoms with van der Waals surface area (Å²) in [4.78, 5) is 15.0. The van der Waals surface area contributed by atoms with Crippen LogP contribution in [0.15, 0.2) is 54.6 Å². The van der Waals surface area contributed by atoms with Crippen molar-refractivity contribution in [2.75, 3.05) is 14.2 Å². The van der Waals surface area contributed by atoms with Crippen LogP contribution in [0.4, 0.5) is 0 Å². The van der Waals surface area contributed by atoms with E-state index in [0.717, 1.165) is 11.1 Å². The van der Waals surface area contributed by atoms with E-state index < -0.39 is 5.97 Å². The molecule has 2 aromatic rings. The molecule has 6 heteroatoms. The molecule has 25 heavy (non-hydrogen) atoms. The number of methoxy groups -OCH3 is 2. The van der Waals surface area contributed by atoms with Crippen molar-refractivity contribution in [1.29, 1.82) is 0 Å². The lowest BCUT2D eigenvalue weighted by molar-refractivity contribution is -0.141. The summed E-state index contributed by atoms with van der Waals surface area (Å²) in [7, 11) is 3.07. The van der Waals surface area contributed by atoms with Crippen LogP contribution in [0.3, 0.4) is 0 Å². The fraction of sp³-hybridized carbons (Fsp3) is 0.158. The van der Waals surface area contributed by atoms with Crippen LogP contribution in [0.25, 0.3) is 11.6 Å². The second-order valence-electron chi connectivity index (χ2n) is 4.99. The number of hydrogen-bond acceptors (Lipinski definition) is 4. The Labute approximate surface area is 145 Å². The van der Waals surface area contributed by atoms with Gasteiger partial charge in [0.1, 0.15) is 6.61 Å². The Morgan fingerprint density at radius 2 is 1.80 bits per heavy atom. The summed E-state index contributed by atoms with van der Waals surface area (Å²) in [6.07, 6.45) is 3.05. The van der Waals surface area contributed by atoms with Crippen LogP contribution < -0.4 is 9.47 Å². The first-order valence-corrected chi connectivity index (χ1v) is 7.51. The van der Waals surface area contributed by atoms with Gasteiger partial charge in [0.15, 0.2) is 11.5 Å². The third-order valence-electron chi connectivity index (χ3n) is 3.37. The maximum Gasteiger partial charge on any atom is 0.421 e. The predicted molar refractivity (Wildman–Crippen MR) is 93.4 cm³/mol. The van der Waals surface area contributed by atoms with Gasteiger partial charge in [-0.1, -0.05) is 36.4 Å². The molecule has 0 bridgehead atoms. The molecule has 0 aliphatic rings. The molecule has 0 saturated heterocycles. The van der Waals surface area contributed by atoms with E-state index in [1.165, 1.54) is 13.2 Å². The van der Waals surface area contributed by atoms with Crippen LogP contribution >= 0.6 is 0 Å². The van der Waals surface area contributed by atoms with Crippen LogP contribution in [-0.4, -0.2) is 30.7 Å². The Kier molecular flexibility index (Phi) is 6.51. The Morgan fingerprint density at radius 3 is 2.44 bits per heavy atom. The number of ether oxygens (including phenoxy) is 3. The summed E-state index contributed by atoms with van der Waals surface area (Å²) in [5.41, 5.74) is 10.4. The number of hydrogen-bond donors (Lipinski definition) is 0. The SMILES string of the molecule is COc1ccc(COC(=O)C(/C=C/c2ccccc2)=[N+]=[N-])cc1OC. The van der Waals surface area contributed by atoms with Crippen molar-refractivity contribution in [2.45, 2.75) is 6.61 Å². The molecule has 0 aliphatic carbocycles. The Balaban J connectivity index is 2.01. The first-order chi connectivity index (χ1) is 12.2. The molecule has 0 N–H and O–H groups in total. The largest absolute Gasteiger partial charge is 0.493 e. The van der Waals surface area contributed by atoms with Gasteiger partial charge >= 0.3 is 11.7 Å². The Hall–Kier alpha value is -3.37. The summed E-state index contributed by atoms with van der Waals surface area (Å²) in [5, 5.41) is 0. The summed E-state index contributed by atoms with van der Waals surface area (Å²) < 4.78 is 15.5. The van der Waals surface area contributed by atoms with E-state index in [2.05, 4.69) is 4.79 Å². The molecule has 0 aromatic heterocycles. The molecule has 128 valence electrons. The van der Waals surface area contributed by atoms with Gasteiger partial charge in [0.2, 0.25) is 0 Å². The molecule has 0 radical (unpaired) electrons. The first kappa shape index (κ1) is 18.0. The van der Waals surface area contributed by atoms with Crippen LogP contribution in [0.1, 0.15) is 11.1 Å². The van der Waals surface area contributed by atoms with Gasteiger partial charge < -0.3 is 19.7 Å². The topological polar surface area (TPSA) is 81.2 Å². The highest BCUT2D eigenvalue weighted by atomic mass is 16.5. The lowest BCUT2D eigenvalue weighted by Gasteiger charge is -2.09. The lowest BCUT2D eigenvalue weighted by Crippen LogP contribution is -2.16. The fourth-order valence-corrected chi connectivity index (χ4v) is 2.07. The van der Waals surface area contributed by atoms with E-state index >= 15 is 0 Å². The molecular formula is C19H18N2O4. The monoisotopic (exact) mass is 338 g/mol. The highest BCUT2D eigenvalue weighted by Crippen LogP contribution is 2.27. The van der Waals surface area contributed by atoms with Gasteiger partial charge in [-0.3, -0.25) is 0 Å². The Bertz CT molecular complexity index is 809. The summed E-state index contributed by atoms with van der Waals surface area (Å²) in [6, 6.07) is 14.5. The normalized spacial score (nSPS) is 10.2. The number of carbonyl (C=O) groups is 1. The van der Waals surface area contributed by atoms with Gasteiger partial charge in [-0.15, -0.1) is 0 Å². The second kappa shape index (κ2) is 9.05. The zero-order valence-electron chi connectivity index (χ0n) is 14.0. The summed E-state index contributed by atoms with van der Waals surface area (Å²) in [6.45, 7) is 0.0113. The van der Waals surface area contributed by atoms with Crippen LogP contribution in [0, 0.1) is 0 Å². The van der Waals surface area contributed by atoms with Gasteiger partial charge in [0.25, 0.3) is 0 Å². The molecule has 0 amide bonds. The number of carbonyl (C=O) groups excluding carboxylic acids is 1. The van der Waals surface area contributed by atoms with Crippen LogP contribution in [-0.2, 0) is 16.1 Å². The van der Waals surface area contributed by atoms with Crippen molar-refractivity contribution >= 4 is 17.8 Å². The first-order valence-electron chi connectivity index (χ1n) is 7.51. The molecule has 0 unspecified atom stereocenters. The van der Waals surface area contributed by atoms with Gasteiger partial charge in [0.05, 0.1) is 14.2 Å². The fourth-order valence-electron chi connectivity index (χ4n) is 2.07. The Morgan fingerprint density at radius 1 is 1.08 bits per heavy atom. The van der Waals surface area contributed by atoms with Crippen LogP contribution in [0.2, 0.25) is 0 Å². The molecule has 0 fully saturated rings. The van der Waals surface area contributed by atoms with E-state index in [4.69, 9.17) is 19.7 Å². The third kappa shape index (κ3) is 5.06. The molecule has 2 rings (SSSR count). The number of rotatable bonds is 7. The van der Waals surface area contributed by atoms with Crippen LogP contribution in [0.5, 0.6) is 11.5 Å². The predicted octanol–water partition coefficient (Wildman–Crippen LogP) is 3.13. The zero-order valence-corrected chi connectivity index (χ0v) is 14.0. The maximum absolute atomic E-state index is 12.0. The summed E-state index contributed by atoms with van der Waals surface area (Å²) in [5.74, 6) is 0.390. The number of esters is 1. The average molecular weight is 338 g/mol. The van der Waals surface area contributed by atoms with E-state index in [0.29, 0.717) is 11.5 Å². The van der Waals surface area contributed by atoms with E-state index in [-0.39, 0.29) is 12.3 Å². The standard InChI is InChI=1S/C19H18N2O4/c1-23-17-11-9-15(12-18(17)24-2)13-25-19(22)16(21-20)10-8-14-6-4-3-5-7-14/h3-12H,13H2,1-2H3/b10-8+. The van der Waals surface area contributed by atoms with Crippen molar-refractivity contribution < 1.29 is 23.8 Å². The van der Waals surface area contributed by atoms with Gasteiger partial charge in [-0.25, -0.2) is 4.79 Å². The van der Waals surface area contributed by atoms with E-state index in [9.17, 15) is 4.79 Å². The van der Waals surface area contributed by atoms with Crippen molar-refractivity contribution in [1.82, 2.24) is 0 Å². The maximum atomic E-state index is 12.0. The zero-order chi connectivity index (χ0) is 18.1. The molecule has 2 aromatic carbocycles.